The summed E-state index contributed by atoms with van der Waals surface area (Å²) in [7, 11) is 0. The largest absolute Gasteiger partial charge is 0.756 e. The van der Waals surface area contributed by atoms with Crippen molar-refractivity contribution >= 4 is 46.6 Å². The van der Waals surface area contributed by atoms with Gasteiger partial charge in [0, 0.05) is 24.5 Å². The van der Waals surface area contributed by atoms with E-state index < -0.39 is 29.3 Å². The molecule has 0 spiro atoms. The van der Waals surface area contributed by atoms with E-state index in [-0.39, 0.29) is 31.3 Å². The van der Waals surface area contributed by atoms with Crippen LogP contribution in [0.1, 0.15) is 0 Å². The summed E-state index contributed by atoms with van der Waals surface area (Å²) in [6.45, 7) is 0.612. The summed E-state index contributed by atoms with van der Waals surface area (Å²) in [5.74, 6) is -1.01. The molecule has 3 rings (SSSR count). The summed E-state index contributed by atoms with van der Waals surface area (Å²) >= 11 is 10.8. The third-order valence-electron chi connectivity index (χ3n) is 4.21. The van der Waals surface area contributed by atoms with Crippen molar-refractivity contribution < 1.29 is 23.5 Å². The molecule has 2 fully saturated rings. The molecule has 0 N–H and O–H groups in total. The van der Waals surface area contributed by atoms with Crippen LogP contribution in [0.2, 0.25) is 0 Å². The van der Waals surface area contributed by atoms with Gasteiger partial charge < -0.3 is 24.6 Å². The first-order valence-corrected chi connectivity index (χ1v) is 9.08. The molecular formula is C16H17Cl2FN3O5-. The van der Waals surface area contributed by atoms with Gasteiger partial charge in [-0.05, 0) is 18.2 Å². The molecule has 0 aromatic heterocycles. The maximum Gasteiger partial charge on any atom is 0.414 e. The second-order valence-corrected chi connectivity index (χ2v) is 7.16. The Hall–Kier alpha value is -1.81. The Kier molecular flexibility index (Phi) is 6.25. The van der Waals surface area contributed by atoms with Crippen molar-refractivity contribution in [1.82, 2.24) is 5.06 Å². The third-order valence-corrected chi connectivity index (χ3v) is 4.58. The van der Waals surface area contributed by atoms with Gasteiger partial charge >= 0.3 is 6.09 Å². The SMILES string of the molecule is O=C(C(Cl)Cl)N([O-])CC1CN(c2cccc(N3CCOC(F)C3)c2)C(=O)O1. The van der Waals surface area contributed by atoms with E-state index in [1.807, 2.05) is 4.90 Å². The van der Waals surface area contributed by atoms with E-state index in [1.54, 1.807) is 24.3 Å². The molecule has 27 heavy (non-hydrogen) atoms. The first-order valence-electron chi connectivity index (χ1n) is 8.20. The molecule has 0 saturated carbocycles. The van der Waals surface area contributed by atoms with Crippen LogP contribution in [-0.2, 0) is 14.3 Å². The number of cyclic esters (lactones) is 1. The average Bonchev–Trinajstić information content (AvgIpc) is 3.01. The van der Waals surface area contributed by atoms with Gasteiger partial charge in [0.2, 0.25) is 12.3 Å². The van der Waals surface area contributed by atoms with E-state index in [2.05, 4.69) is 0 Å². The number of hydrogen-bond donors (Lipinski definition) is 0. The van der Waals surface area contributed by atoms with Crippen molar-refractivity contribution in [2.75, 3.05) is 42.6 Å². The van der Waals surface area contributed by atoms with Gasteiger partial charge in [0.25, 0.3) is 0 Å². The summed E-state index contributed by atoms with van der Waals surface area (Å²) < 4.78 is 23.5. The van der Waals surface area contributed by atoms with E-state index in [0.29, 0.717) is 12.2 Å². The number of amides is 2. The molecule has 2 aliphatic heterocycles. The fraction of sp³-hybridized carbons (Fsp3) is 0.500. The Balaban J connectivity index is 1.67. The van der Waals surface area contributed by atoms with Crippen LogP contribution >= 0.6 is 23.2 Å². The fourth-order valence-corrected chi connectivity index (χ4v) is 3.13. The van der Waals surface area contributed by atoms with Crippen LogP contribution in [0.3, 0.4) is 0 Å². The molecule has 2 atom stereocenters. The smallest absolute Gasteiger partial charge is 0.414 e. The van der Waals surface area contributed by atoms with E-state index >= 15 is 0 Å². The van der Waals surface area contributed by atoms with E-state index in [9.17, 15) is 19.2 Å². The van der Waals surface area contributed by atoms with E-state index in [0.717, 1.165) is 5.69 Å². The number of carbonyl (C=O) groups excluding carboxylic acids is 2. The maximum absolute atomic E-state index is 13.4. The maximum atomic E-state index is 13.4. The number of benzene rings is 1. The van der Waals surface area contributed by atoms with E-state index in [1.165, 1.54) is 4.90 Å². The van der Waals surface area contributed by atoms with Crippen LogP contribution in [0.25, 0.3) is 0 Å². The van der Waals surface area contributed by atoms with Gasteiger partial charge in [-0.1, -0.05) is 29.3 Å². The zero-order chi connectivity index (χ0) is 19.6. The van der Waals surface area contributed by atoms with Crippen LogP contribution < -0.4 is 9.80 Å². The fourth-order valence-electron chi connectivity index (χ4n) is 2.91. The molecule has 2 saturated heterocycles. The molecule has 0 radical (unpaired) electrons. The van der Waals surface area contributed by atoms with Crippen molar-refractivity contribution in [1.29, 1.82) is 0 Å². The second-order valence-electron chi connectivity index (χ2n) is 6.06. The number of rotatable bonds is 5. The number of carbonyl (C=O) groups is 2. The number of ether oxygens (including phenoxy) is 2. The van der Waals surface area contributed by atoms with Gasteiger partial charge in [0.15, 0.2) is 4.84 Å². The summed E-state index contributed by atoms with van der Waals surface area (Å²) in [6, 6.07) is 6.98. The standard InChI is InChI=1S/C16H17Cl2FN3O5/c17-14(18)15(23)22(25)8-12-7-21(16(24)27-12)11-3-1-2-10(6-11)20-4-5-26-13(19)9-20/h1-3,6,12-14H,4-5,7-9H2/q-1. The lowest BCUT2D eigenvalue weighted by atomic mass is 10.2. The van der Waals surface area contributed by atoms with E-state index in [4.69, 9.17) is 32.7 Å². The van der Waals surface area contributed by atoms with Gasteiger partial charge in [-0.15, -0.1) is 0 Å². The molecule has 1 aromatic rings. The van der Waals surface area contributed by atoms with Crippen LogP contribution in [0.4, 0.5) is 20.6 Å². The monoisotopic (exact) mass is 420 g/mol. The quantitative estimate of drug-likeness (QED) is 0.536. The minimum absolute atomic E-state index is 0.0810. The van der Waals surface area contributed by atoms with Gasteiger partial charge in [-0.2, -0.15) is 0 Å². The summed E-state index contributed by atoms with van der Waals surface area (Å²) in [6.07, 6.45) is -2.82. The Morgan fingerprint density at radius 2 is 2.11 bits per heavy atom. The first kappa shape index (κ1) is 19.9. The Labute approximate surface area is 164 Å². The lowest BCUT2D eigenvalue weighted by Crippen LogP contribution is -2.40. The highest BCUT2D eigenvalue weighted by Crippen LogP contribution is 2.28. The van der Waals surface area contributed by atoms with Crippen LogP contribution in [0.15, 0.2) is 24.3 Å². The van der Waals surface area contributed by atoms with Gasteiger partial charge in [0.05, 0.1) is 19.7 Å². The lowest BCUT2D eigenvalue weighted by Gasteiger charge is -2.31. The highest BCUT2D eigenvalue weighted by atomic mass is 35.5. The molecule has 1 aromatic carbocycles. The molecule has 11 heteroatoms. The van der Waals surface area contributed by atoms with Crippen LogP contribution in [0.5, 0.6) is 0 Å². The molecule has 2 aliphatic rings. The summed E-state index contributed by atoms with van der Waals surface area (Å²) in [5, 5.41) is 11.8. The van der Waals surface area contributed by atoms with Gasteiger partial charge in [0.1, 0.15) is 6.10 Å². The summed E-state index contributed by atoms with van der Waals surface area (Å²) in [5.41, 5.74) is 1.28. The topological polar surface area (TPSA) is 85.4 Å². The minimum Gasteiger partial charge on any atom is -0.756 e. The molecule has 8 nitrogen and oxygen atoms in total. The molecule has 148 valence electrons. The van der Waals surface area contributed by atoms with Crippen molar-refractivity contribution in [2.24, 2.45) is 0 Å². The number of hydrogen-bond acceptors (Lipinski definition) is 6. The summed E-state index contributed by atoms with van der Waals surface area (Å²) in [4.78, 5) is 25.3. The highest BCUT2D eigenvalue weighted by Gasteiger charge is 2.34. The predicted octanol–water partition coefficient (Wildman–Crippen LogP) is 2.27. The van der Waals surface area contributed by atoms with Crippen molar-refractivity contribution in [2.45, 2.75) is 17.3 Å². The second kappa shape index (κ2) is 8.47. The van der Waals surface area contributed by atoms with Crippen LogP contribution in [0, 0.1) is 5.21 Å². The normalized spacial score (nSPS) is 22.9. The third kappa shape index (κ3) is 4.73. The number of halogens is 3. The van der Waals surface area contributed by atoms with Crippen LogP contribution in [-0.4, -0.2) is 67.1 Å². The first-order chi connectivity index (χ1) is 12.8. The predicted molar refractivity (Wildman–Crippen MR) is 97.7 cm³/mol. The average molecular weight is 421 g/mol. The minimum atomic E-state index is -1.47. The Bertz CT molecular complexity index is 710. The molecule has 2 amide bonds. The van der Waals surface area contributed by atoms with Crippen molar-refractivity contribution in [3.63, 3.8) is 0 Å². The van der Waals surface area contributed by atoms with Crippen molar-refractivity contribution in [3.8, 4) is 0 Å². The number of anilines is 2. The number of nitrogens with zero attached hydrogens (tertiary/aromatic N) is 3. The zero-order valence-corrected chi connectivity index (χ0v) is 15.6. The zero-order valence-electron chi connectivity index (χ0n) is 14.1. The number of morpholine rings is 1. The molecule has 0 bridgehead atoms. The van der Waals surface area contributed by atoms with Crippen molar-refractivity contribution in [3.05, 3.63) is 29.5 Å². The Morgan fingerprint density at radius 3 is 2.81 bits per heavy atom. The number of hydroxylamine groups is 2. The molecule has 2 unspecified atom stereocenters. The molecular weight excluding hydrogens is 404 g/mol. The molecule has 2 heterocycles. The number of alkyl halides is 3. The van der Waals surface area contributed by atoms with Gasteiger partial charge in [-0.25, -0.2) is 9.18 Å². The molecule has 0 aliphatic carbocycles. The lowest BCUT2D eigenvalue weighted by molar-refractivity contribution is -0.127. The highest BCUT2D eigenvalue weighted by molar-refractivity contribution is 6.53. The Morgan fingerprint density at radius 1 is 1.37 bits per heavy atom. The van der Waals surface area contributed by atoms with Gasteiger partial charge in [-0.3, -0.25) is 9.69 Å².